The largest absolute Gasteiger partial charge is 0.350 e. The van der Waals surface area contributed by atoms with Gasteiger partial charge in [0.15, 0.2) is 0 Å². The number of rotatable bonds is 8. The van der Waals surface area contributed by atoms with Gasteiger partial charge in [-0.15, -0.1) is 0 Å². The van der Waals surface area contributed by atoms with Gasteiger partial charge in [-0.1, -0.05) is 18.9 Å². The van der Waals surface area contributed by atoms with E-state index < -0.39 is 5.56 Å². The Kier molecular flexibility index (Phi) is 7.38. The van der Waals surface area contributed by atoms with E-state index in [-0.39, 0.29) is 24.2 Å². The zero-order chi connectivity index (χ0) is 22.4. The second kappa shape index (κ2) is 10.2. The number of nitrogens with zero attached hydrogens (tertiary/aromatic N) is 3. The molecule has 3 rings (SSSR count). The van der Waals surface area contributed by atoms with Gasteiger partial charge < -0.3 is 5.32 Å². The maximum atomic E-state index is 12.7. The molecular weight excluding hydrogens is 396 g/mol. The van der Waals surface area contributed by atoms with Crippen molar-refractivity contribution in [1.29, 1.82) is 0 Å². The summed E-state index contributed by atoms with van der Waals surface area (Å²) in [5, 5.41) is 2.82. The number of hydrogen-bond donors (Lipinski definition) is 3. The van der Waals surface area contributed by atoms with Crippen LogP contribution in [0.4, 0.5) is 5.82 Å². The van der Waals surface area contributed by atoms with Gasteiger partial charge in [-0.25, -0.2) is 4.98 Å². The van der Waals surface area contributed by atoms with E-state index in [0.29, 0.717) is 24.6 Å². The molecule has 2 amide bonds. The van der Waals surface area contributed by atoms with Crippen LogP contribution in [-0.2, 0) is 22.7 Å². The maximum Gasteiger partial charge on any atom is 0.295 e. The molecule has 0 bridgehead atoms. The topological polar surface area (TPSA) is 118 Å². The Bertz CT molecular complexity index is 1010. The summed E-state index contributed by atoms with van der Waals surface area (Å²) in [7, 11) is 0. The molecule has 2 heterocycles. The smallest absolute Gasteiger partial charge is 0.295 e. The first-order valence-corrected chi connectivity index (χ1v) is 10.6. The lowest BCUT2D eigenvalue weighted by molar-refractivity contribution is -0.122. The first kappa shape index (κ1) is 22.5. The Morgan fingerprint density at radius 2 is 1.87 bits per heavy atom. The fourth-order valence-corrected chi connectivity index (χ4v) is 3.81. The van der Waals surface area contributed by atoms with Crippen molar-refractivity contribution >= 4 is 17.6 Å². The van der Waals surface area contributed by atoms with E-state index in [1.165, 1.54) is 10.8 Å². The van der Waals surface area contributed by atoms with Crippen LogP contribution < -0.4 is 21.7 Å². The third-order valence-electron chi connectivity index (χ3n) is 5.64. The fraction of sp³-hybridized carbons (Fsp3) is 0.500. The SMILES string of the molecule is Cc1ccc(CNC(=O)Cn2c(C)cnc(NNC(=O)CC3CCCC3)c2=O)c(C)n1. The summed E-state index contributed by atoms with van der Waals surface area (Å²) in [5.74, 6) is -0.0788. The highest BCUT2D eigenvalue weighted by atomic mass is 16.2. The summed E-state index contributed by atoms with van der Waals surface area (Å²) < 4.78 is 1.33. The number of aryl methyl sites for hydroxylation is 3. The van der Waals surface area contributed by atoms with Gasteiger partial charge >= 0.3 is 0 Å². The van der Waals surface area contributed by atoms with Crippen molar-refractivity contribution in [1.82, 2.24) is 25.3 Å². The number of carbonyl (C=O) groups excluding carboxylic acids is 2. The van der Waals surface area contributed by atoms with Crippen molar-refractivity contribution < 1.29 is 9.59 Å². The number of carbonyl (C=O) groups is 2. The minimum absolute atomic E-state index is 0.0169. The normalized spacial score (nSPS) is 13.8. The van der Waals surface area contributed by atoms with Crippen LogP contribution >= 0.6 is 0 Å². The van der Waals surface area contributed by atoms with Gasteiger partial charge in [0.25, 0.3) is 5.56 Å². The van der Waals surface area contributed by atoms with Crippen LogP contribution in [0.5, 0.6) is 0 Å². The van der Waals surface area contributed by atoms with Gasteiger partial charge in [0, 0.05) is 36.2 Å². The Hall–Kier alpha value is -3.23. The molecule has 0 radical (unpaired) electrons. The molecule has 2 aromatic heterocycles. The molecule has 1 aliphatic rings. The third kappa shape index (κ3) is 6.13. The number of pyridine rings is 1. The number of amides is 2. The van der Waals surface area contributed by atoms with E-state index in [1.807, 2.05) is 26.0 Å². The quantitative estimate of drug-likeness (QED) is 0.555. The molecular formula is C22H30N6O3. The molecule has 9 heteroatoms. The Morgan fingerprint density at radius 1 is 1.13 bits per heavy atom. The summed E-state index contributed by atoms with van der Waals surface area (Å²) in [6, 6.07) is 3.82. The first-order valence-electron chi connectivity index (χ1n) is 10.6. The van der Waals surface area contributed by atoms with E-state index in [1.54, 1.807) is 6.92 Å². The average Bonchev–Trinajstić information content (AvgIpc) is 3.23. The molecule has 166 valence electrons. The number of aromatic nitrogens is 3. The van der Waals surface area contributed by atoms with E-state index in [2.05, 4.69) is 26.1 Å². The van der Waals surface area contributed by atoms with Crippen LogP contribution in [0.3, 0.4) is 0 Å². The Labute approximate surface area is 181 Å². The van der Waals surface area contributed by atoms with Gasteiger partial charge in [-0.2, -0.15) is 0 Å². The lowest BCUT2D eigenvalue weighted by Gasteiger charge is -2.14. The summed E-state index contributed by atoms with van der Waals surface area (Å²) in [6.45, 7) is 5.70. The molecule has 3 N–H and O–H groups in total. The molecule has 0 unspecified atom stereocenters. The predicted molar refractivity (Wildman–Crippen MR) is 117 cm³/mol. The molecule has 0 aliphatic heterocycles. The van der Waals surface area contributed by atoms with Crippen molar-refractivity contribution in [3.63, 3.8) is 0 Å². The molecule has 31 heavy (non-hydrogen) atoms. The Morgan fingerprint density at radius 3 is 2.58 bits per heavy atom. The number of hydrogen-bond acceptors (Lipinski definition) is 6. The predicted octanol–water partition coefficient (Wildman–Crippen LogP) is 1.90. The van der Waals surface area contributed by atoms with Gasteiger partial charge in [-0.05, 0) is 51.2 Å². The highest BCUT2D eigenvalue weighted by Crippen LogP contribution is 2.27. The molecule has 1 fully saturated rings. The maximum absolute atomic E-state index is 12.7. The molecule has 0 aromatic carbocycles. The second-order valence-electron chi connectivity index (χ2n) is 8.14. The lowest BCUT2D eigenvalue weighted by atomic mass is 10.0. The van der Waals surface area contributed by atoms with Gasteiger partial charge in [-0.3, -0.25) is 34.8 Å². The zero-order valence-corrected chi connectivity index (χ0v) is 18.3. The van der Waals surface area contributed by atoms with Crippen molar-refractivity contribution in [3.05, 3.63) is 51.3 Å². The van der Waals surface area contributed by atoms with Crippen molar-refractivity contribution in [3.8, 4) is 0 Å². The lowest BCUT2D eigenvalue weighted by Crippen LogP contribution is -2.38. The number of anilines is 1. The minimum Gasteiger partial charge on any atom is -0.350 e. The molecule has 2 aromatic rings. The third-order valence-corrected chi connectivity index (χ3v) is 5.64. The molecule has 0 atom stereocenters. The van der Waals surface area contributed by atoms with E-state index in [0.717, 1.165) is 42.6 Å². The van der Waals surface area contributed by atoms with Crippen LogP contribution in [0.25, 0.3) is 0 Å². The van der Waals surface area contributed by atoms with Crippen LogP contribution in [-0.4, -0.2) is 26.3 Å². The highest BCUT2D eigenvalue weighted by molar-refractivity contribution is 5.77. The molecule has 0 spiro atoms. The number of nitrogens with one attached hydrogen (secondary N) is 3. The highest BCUT2D eigenvalue weighted by Gasteiger charge is 2.19. The van der Waals surface area contributed by atoms with Crippen LogP contribution in [0, 0.1) is 26.7 Å². The van der Waals surface area contributed by atoms with E-state index in [9.17, 15) is 14.4 Å². The summed E-state index contributed by atoms with van der Waals surface area (Å²) >= 11 is 0. The molecule has 1 aliphatic carbocycles. The standard InChI is InChI=1S/C22H30N6O3/c1-14-8-9-18(16(3)25-14)12-23-20(30)13-28-15(2)11-24-21(22(28)31)27-26-19(29)10-17-6-4-5-7-17/h8-9,11,17H,4-7,10,12-13H2,1-3H3,(H,23,30)(H,24,27)(H,26,29). The fourth-order valence-electron chi connectivity index (χ4n) is 3.81. The first-order chi connectivity index (χ1) is 14.8. The summed E-state index contributed by atoms with van der Waals surface area (Å²) in [4.78, 5) is 45.7. The van der Waals surface area contributed by atoms with Crippen molar-refractivity contribution in [2.75, 3.05) is 5.43 Å². The van der Waals surface area contributed by atoms with E-state index >= 15 is 0 Å². The van der Waals surface area contributed by atoms with Crippen LogP contribution in [0.1, 0.15) is 54.7 Å². The van der Waals surface area contributed by atoms with Gasteiger partial charge in [0.1, 0.15) is 6.54 Å². The summed E-state index contributed by atoms with van der Waals surface area (Å²) in [6.07, 6.45) is 6.39. The van der Waals surface area contributed by atoms with Crippen molar-refractivity contribution in [2.24, 2.45) is 5.92 Å². The van der Waals surface area contributed by atoms with Crippen molar-refractivity contribution in [2.45, 2.75) is 66.0 Å². The second-order valence-corrected chi connectivity index (χ2v) is 8.14. The monoisotopic (exact) mass is 426 g/mol. The van der Waals surface area contributed by atoms with E-state index in [4.69, 9.17) is 0 Å². The van der Waals surface area contributed by atoms with Crippen LogP contribution in [0.15, 0.2) is 23.1 Å². The van der Waals surface area contributed by atoms with Crippen LogP contribution in [0.2, 0.25) is 0 Å². The van der Waals surface area contributed by atoms with Gasteiger partial charge in [0.2, 0.25) is 17.6 Å². The Balaban J connectivity index is 1.58. The number of hydrazine groups is 1. The minimum atomic E-state index is -0.468. The molecule has 9 nitrogen and oxygen atoms in total. The summed E-state index contributed by atoms with van der Waals surface area (Å²) in [5.41, 5.74) is 7.95. The molecule has 0 saturated heterocycles. The molecule has 1 saturated carbocycles. The average molecular weight is 427 g/mol. The zero-order valence-electron chi connectivity index (χ0n) is 18.3. The van der Waals surface area contributed by atoms with Gasteiger partial charge in [0.05, 0.1) is 0 Å².